The molecule has 0 fully saturated rings. The Morgan fingerprint density at radius 3 is 2.95 bits per heavy atom. The van der Waals surface area contributed by atoms with E-state index in [1.807, 2.05) is 37.4 Å². The maximum absolute atomic E-state index is 5.82. The molecule has 5 heteroatoms. The molecule has 1 unspecified atom stereocenters. The first-order chi connectivity index (χ1) is 9.24. The van der Waals surface area contributed by atoms with Gasteiger partial charge in [-0.1, -0.05) is 17.3 Å². The molecule has 2 heterocycles. The Labute approximate surface area is 111 Å². The van der Waals surface area contributed by atoms with Gasteiger partial charge in [0.1, 0.15) is 5.52 Å². The molecular formula is C14H15N5. The summed E-state index contributed by atoms with van der Waals surface area (Å²) in [6.45, 7) is 1.98. The van der Waals surface area contributed by atoms with E-state index in [0.29, 0.717) is 0 Å². The van der Waals surface area contributed by atoms with Crippen LogP contribution < -0.4 is 5.73 Å². The number of para-hydroxylation sites is 1. The average molecular weight is 253 g/mol. The second-order valence-corrected chi connectivity index (χ2v) is 4.72. The zero-order valence-electron chi connectivity index (χ0n) is 10.7. The molecule has 0 aliphatic carbocycles. The van der Waals surface area contributed by atoms with E-state index >= 15 is 0 Å². The molecule has 3 aromatic rings. The molecule has 96 valence electrons. The highest BCUT2D eigenvalue weighted by molar-refractivity contribution is 5.75. The molecule has 1 aromatic carbocycles. The molecule has 0 aliphatic rings. The molecule has 0 aliphatic heterocycles. The van der Waals surface area contributed by atoms with Gasteiger partial charge in [0.15, 0.2) is 0 Å². The number of nitrogens with two attached hydrogens (primary N) is 1. The first-order valence-corrected chi connectivity index (χ1v) is 6.24. The molecule has 3 rings (SSSR count). The van der Waals surface area contributed by atoms with Crippen molar-refractivity contribution in [3.63, 3.8) is 0 Å². The summed E-state index contributed by atoms with van der Waals surface area (Å²) < 4.78 is 1.80. The van der Waals surface area contributed by atoms with E-state index in [9.17, 15) is 0 Å². The fraction of sp³-hybridized carbons (Fsp3) is 0.214. The molecule has 5 nitrogen and oxygen atoms in total. The summed E-state index contributed by atoms with van der Waals surface area (Å²) in [5, 5.41) is 8.33. The van der Waals surface area contributed by atoms with E-state index in [2.05, 4.69) is 21.4 Å². The van der Waals surface area contributed by atoms with E-state index in [0.717, 1.165) is 28.7 Å². The number of hydrogen-bond donors (Lipinski definition) is 1. The number of hydrogen-bond acceptors (Lipinski definition) is 4. The third-order valence-corrected chi connectivity index (χ3v) is 2.93. The smallest absolute Gasteiger partial charge is 0.113 e. The number of benzene rings is 1. The van der Waals surface area contributed by atoms with Gasteiger partial charge < -0.3 is 5.73 Å². The van der Waals surface area contributed by atoms with Crippen LogP contribution in [0.5, 0.6) is 0 Å². The van der Waals surface area contributed by atoms with E-state index < -0.39 is 0 Å². The second-order valence-electron chi connectivity index (χ2n) is 4.72. The fourth-order valence-electron chi connectivity index (χ4n) is 2.13. The zero-order valence-corrected chi connectivity index (χ0v) is 10.7. The van der Waals surface area contributed by atoms with Crippen molar-refractivity contribution in [2.24, 2.45) is 5.73 Å². The van der Waals surface area contributed by atoms with Crippen LogP contribution in [0.4, 0.5) is 0 Å². The number of fused-ring (bicyclic) bond motifs is 1. The Hall–Kier alpha value is -2.27. The van der Waals surface area contributed by atoms with Crippen LogP contribution in [-0.2, 0) is 6.42 Å². The van der Waals surface area contributed by atoms with Crippen LogP contribution in [-0.4, -0.2) is 26.0 Å². The molecular weight excluding hydrogens is 238 g/mol. The van der Waals surface area contributed by atoms with Crippen LogP contribution >= 0.6 is 0 Å². The molecule has 0 spiro atoms. The normalized spacial score (nSPS) is 12.7. The van der Waals surface area contributed by atoms with Crippen LogP contribution in [0.3, 0.4) is 0 Å². The van der Waals surface area contributed by atoms with Crippen molar-refractivity contribution in [1.29, 1.82) is 0 Å². The quantitative estimate of drug-likeness (QED) is 0.771. The molecule has 0 saturated carbocycles. The topological polar surface area (TPSA) is 69.6 Å². The van der Waals surface area contributed by atoms with Crippen molar-refractivity contribution in [2.45, 2.75) is 19.4 Å². The highest BCUT2D eigenvalue weighted by Gasteiger charge is 2.07. The minimum absolute atomic E-state index is 0.115. The van der Waals surface area contributed by atoms with Gasteiger partial charge in [-0.3, -0.25) is 4.98 Å². The van der Waals surface area contributed by atoms with Crippen LogP contribution in [0.2, 0.25) is 0 Å². The Kier molecular flexibility index (Phi) is 2.97. The standard InChI is InChI=1S/C14H15N5/c1-10(15)6-11-7-12(9-16-8-11)19-14-5-3-2-4-13(14)17-18-19/h2-5,7-10H,6,15H2,1H3. The monoisotopic (exact) mass is 253 g/mol. The van der Waals surface area contributed by atoms with Crippen molar-refractivity contribution in [2.75, 3.05) is 0 Å². The van der Waals surface area contributed by atoms with Gasteiger partial charge in [0.25, 0.3) is 0 Å². The van der Waals surface area contributed by atoms with Gasteiger partial charge in [0.2, 0.25) is 0 Å². The van der Waals surface area contributed by atoms with Crippen molar-refractivity contribution in [3.05, 3.63) is 48.3 Å². The first-order valence-electron chi connectivity index (χ1n) is 6.24. The third kappa shape index (κ3) is 2.32. The number of pyridine rings is 1. The average Bonchev–Trinajstić information content (AvgIpc) is 2.82. The summed E-state index contributed by atoms with van der Waals surface area (Å²) in [6.07, 6.45) is 4.42. The van der Waals surface area contributed by atoms with Crippen LogP contribution in [0.15, 0.2) is 42.7 Å². The van der Waals surface area contributed by atoms with Gasteiger partial charge >= 0.3 is 0 Å². The van der Waals surface area contributed by atoms with Crippen molar-refractivity contribution >= 4 is 11.0 Å². The number of nitrogens with zero attached hydrogens (tertiary/aromatic N) is 4. The van der Waals surface area contributed by atoms with Gasteiger partial charge in [-0.25, -0.2) is 4.68 Å². The van der Waals surface area contributed by atoms with Crippen molar-refractivity contribution < 1.29 is 0 Å². The lowest BCUT2D eigenvalue weighted by Crippen LogP contribution is -2.18. The summed E-state index contributed by atoms with van der Waals surface area (Å²) in [6, 6.07) is 10.0. The number of aromatic nitrogens is 4. The summed E-state index contributed by atoms with van der Waals surface area (Å²) in [4.78, 5) is 4.26. The summed E-state index contributed by atoms with van der Waals surface area (Å²) in [5.74, 6) is 0. The Morgan fingerprint density at radius 2 is 2.11 bits per heavy atom. The van der Waals surface area contributed by atoms with Gasteiger partial charge in [-0.05, 0) is 37.1 Å². The van der Waals surface area contributed by atoms with Gasteiger partial charge in [-0.2, -0.15) is 0 Å². The largest absolute Gasteiger partial charge is 0.328 e. The minimum Gasteiger partial charge on any atom is -0.328 e. The molecule has 0 saturated heterocycles. The Morgan fingerprint density at radius 1 is 1.26 bits per heavy atom. The Balaban J connectivity index is 2.06. The van der Waals surface area contributed by atoms with Gasteiger partial charge in [0, 0.05) is 12.2 Å². The van der Waals surface area contributed by atoms with E-state index in [-0.39, 0.29) is 6.04 Å². The summed E-state index contributed by atoms with van der Waals surface area (Å²) in [5.41, 5.74) is 9.68. The second kappa shape index (κ2) is 4.78. The number of rotatable bonds is 3. The molecule has 2 aromatic heterocycles. The maximum Gasteiger partial charge on any atom is 0.113 e. The summed E-state index contributed by atoms with van der Waals surface area (Å²) in [7, 11) is 0. The zero-order chi connectivity index (χ0) is 13.2. The Bertz CT molecular complexity index is 702. The highest BCUT2D eigenvalue weighted by atomic mass is 15.4. The third-order valence-electron chi connectivity index (χ3n) is 2.93. The van der Waals surface area contributed by atoms with Gasteiger partial charge in [-0.15, -0.1) is 5.10 Å². The van der Waals surface area contributed by atoms with Crippen LogP contribution in [0.25, 0.3) is 16.7 Å². The molecule has 0 amide bonds. The predicted molar refractivity (Wildman–Crippen MR) is 74.0 cm³/mol. The van der Waals surface area contributed by atoms with E-state index in [4.69, 9.17) is 5.73 Å². The van der Waals surface area contributed by atoms with E-state index in [1.165, 1.54) is 0 Å². The van der Waals surface area contributed by atoms with Crippen molar-refractivity contribution in [3.8, 4) is 5.69 Å². The lowest BCUT2D eigenvalue weighted by Gasteiger charge is -2.07. The SMILES string of the molecule is CC(N)Cc1cncc(-n2nnc3ccccc32)c1. The van der Waals surface area contributed by atoms with E-state index in [1.54, 1.807) is 10.9 Å². The lowest BCUT2D eigenvalue weighted by atomic mass is 10.1. The van der Waals surface area contributed by atoms with Crippen molar-refractivity contribution in [1.82, 2.24) is 20.0 Å². The predicted octanol–water partition coefficient (Wildman–Crippen LogP) is 1.71. The molecule has 2 N–H and O–H groups in total. The highest BCUT2D eigenvalue weighted by Crippen LogP contribution is 2.16. The van der Waals surface area contributed by atoms with Crippen LogP contribution in [0.1, 0.15) is 12.5 Å². The first kappa shape index (κ1) is 11.8. The lowest BCUT2D eigenvalue weighted by molar-refractivity contribution is 0.732. The van der Waals surface area contributed by atoms with Gasteiger partial charge in [0.05, 0.1) is 17.4 Å². The molecule has 0 radical (unpaired) electrons. The maximum atomic E-state index is 5.82. The fourth-order valence-corrected chi connectivity index (χ4v) is 2.13. The minimum atomic E-state index is 0.115. The summed E-state index contributed by atoms with van der Waals surface area (Å²) >= 11 is 0. The van der Waals surface area contributed by atoms with Crippen LogP contribution in [0, 0.1) is 0 Å². The molecule has 0 bridgehead atoms. The molecule has 19 heavy (non-hydrogen) atoms. The molecule has 1 atom stereocenters.